The molecule has 4 bridgehead atoms. The van der Waals surface area contributed by atoms with E-state index in [1.165, 1.54) is 50.6 Å². The van der Waals surface area contributed by atoms with Gasteiger partial charge in [0.2, 0.25) is 5.91 Å². The van der Waals surface area contributed by atoms with Crippen molar-refractivity contribution in [2.24, 2.45) is 23.2 Å². The number of nitrogens with one attached hydrogen (secondary N) is 1. The Labute approximate surface area is 169 Å². The Morgan fingerprint density at radius 1 is 0.929 bits per heavy atom. The minimum absolute atomic E-state index is 0.238. The third-order valence-electron chi connectivity index (χ3n) is 8.00. The second-order valence-corrected chi connectivity index (χ2v) is 10.1. The highest BCUT2D eigenvalue weighted by molar-refractivity contribution is 5.78. The van der Waals surface area contributed by atoms with Crippen molar-refractivity contribution in [3.05, 3.63) is 30.3 Å². The molecule has 2 atom stereocenters. The van der Waals surface area contributed by atoms with E-state index in [1.807, 2.05) is 0 Å². The van der Waals surface area contributed by atoms with Crippen LogP contribution in [0.1, 0.15) is 44.9 Å². The summed E-state index contributed by atoms with van der Waals surface area (Å²) in [5, 5.41) is 3.36. The SMILES string of the molecule is O=C(CN1CCN(c2ccccc2)CC1)NCC12CC3C[C@H](CC[C@@H](C3)C1)C2. The first-order chi connectivity index (χ1) is 13.7. The summed E-state index contributed by atoms with van der Waals surface area (Å²) in [6.07, 6.45) is 9.95. The van der Waals surface area contributed by atoms with Gasteiger partial charge in [-0.05, 0) is 67.4 Å². The normalized spacial score (nSPS) is 35.0. The molecule has 0 radical (unpaired) electrons. The van der Waals surface area contributed by atoms with Crippen LogP contribution in [-0.2, 0) is 4.79 Å². The lowest BCUT2D eigenvalue weighted by atomic mass is 9.58. The zero-order chi connectivity index (χ0) is 19.0. The number of benzene rings is 1. The number of amides is 1. The average Bonchev–Trinajstić information content (AvgIpc) is 2.93. The summed E-state index contributed by atoms with van der Waals surface area (Å²) < 4.78 is 0. The molecule has 4 nitrogen and oxygen atoms in total. The fourth-order valence-corrected chi connectivity index (χ4v) is 6.94. The second-order valence-electron chi connectivity index (χ2n) is 10.1. The Morgan fingerprint density at radius 3 is 2.25 bits per heavy atom. The van der Waals surface area contributed by atoms with Gasteiger partial charge in [-0.15, -0.1) is 0 Å². The van der Waals surface area contributed by atoms with Crippen LogP contribution in [0.5, 0.6) is 0 Å². The standard InChI is InChI=1S/C24H35N3O/c28-23(17-26-8-10-27(11-9-26)22-4-2-1-3-5-22)25-18-24-14-19-6-7-20(15-24)13-21(12-19)16-24/h1-5,19-21H,6-18H2,(H,25,28)/t19-,20-,21?,24?/m0/s1. The van der Waals surface area contributed by atoms with Crippen molar-refractivity contribution in [2.45, 2.75) is 44.9 Å². The number of nitrogens with zero attached hydrogens (tertiary/aromatic N) is 2. The van der Waals surface area contributed by atoms with Crippen LogP contribution in [0, 0.1) is 23.2 Å². The van der Waals surface area contributed by atoms with Crippen LogP contribution >= 0.6 is 0 Å². The molecule has 1 amide bonds. The Kier molecular flexibility index (Phi) is 5.08. The van der Waals surface area contributed by atoms with E-state index in [9.17, 15) is 4.79 Å². The minimum Gasteiger partial charge on any atom is -0.369 e. The number of fused-ring (bicyclic) bond motifs is 1. The van der Waals surface area contributed by atoms with Crippen molar-refractivity contribution >= 4 is 11.6 Å². The monoisotopic (exact) mass is 381 g/mol. The first kappa shape index (κ1) is 18.5. The highest BCUT2D eigenvalue weighted by Gasteiger charge is 2.48. The van der Waals surface area contributed by atoms with E-state index in [0.717, 1.165) is 50.5 Å². The summed E-state index contributed by atoms with van der Waals surface area (Å²) in [6.45, 7) is 5.45. The van der Waals surface area contributed by atoms with E-state index in [1.54, 1.807) is 0 Å². The van der Waals surface area contributed by atoms with Crippen LogP contribution in [0.25, 0.3) is 0 Å². The number of carbonyl (C=O) groups is 1. The maximum Gasteiger partial charge on any atom is 0.234 e. The lowest BCUT2D eigenvalue weighted by Gasteiger charge is -2.48. The Hall–Kier alpha value is -1.55. The molecule has 4 heteroatoms. The third kappa shape index (κ3) is 3.94. The largest absolute Gasteiger partial charge is 0.369 e. The Bertz CT molecular complexity index is 666. The summed E-state index contributed by atoms with van der Waals surface area (Å²) in [4.78, 5) is 17.4. The summed E-state index contributed by atoms with van der Waals surface area (Å²) in [6, 6.07) is 10.6. The molecular weight excluding hydrogens is 346 g/mol. The quantitative estimate of drug-likeness (QED) is 0.847. The van der Waals surface area contributed by atoms with E-state index >= 15 is 0 Å². The fourth-order valence-electron chi connectivity index (χ4n) is 6.94. The highest BCUT2D eigenvalue weighted by Crippen LogP contribution is 2.57. The Balaban J connectivity index is 1.10. The minimum atomic E-state index is 0.238. The van der Waals surface area contributed by atoms with E-state index in [-0.39, 0.29) is 5.91 Å². The van der Waals surface area contributed by atoms with Gasteiger partial charge >= 0.3 is 0 Å². The molecule has 6 rings (SSSR count). The van der Waals surface area contributed by atoms with Gasteiger partial charge in [-0.1, -0.05) is 31.0 Å². The van der Waals surface area contributed by atoms with Gasteiger partial charge in [0.05, 0.1) is 6.54 Å². The predicted octanol–water partition coefficient (Wildman–Crippen LogP) is 3.53. The molecule has 152 valence electrons. The van der Waals surface area contributed by atoms with Crippen molar-refractivity contribution < 1.29 is 4.79 Å². The van der Waals surface area contributed by atoms with Gasteiger partial charge in [-0.3, -0.25) is 9.69 Å². The molecule has 4 saturated carbocycles. The molecule has 1 N–H and O–H groups in total. The maximum atomic E-state index is 12.7. The van der Waals surface area contributed by atoms with Crippen LogP contribution in [0.4, 0.5) is 5.69 Å². The summed E-state index contributed by atoms with van der Waals surface area (Å²) in [7, 11) is 0. The first-order valence-corrected chi connectivity index (χ1v) is 11.5. The van der Waals surface area contributed by atoms with Gasteiger partial charge in [0.25, 0.3) is 0 Å². The lowest BCUT2D eigenvalue weighted by Crippen LogP contribution is -2.51. The van der Waals surface area contributed by atoms with Crippen LogP contribution in [0.15, 0.2) is 30.3 Å². The van der Waals surface area contributed by atoms with Crippen LogP contribution in [0.3, 0.4) is 0 Å². The number of hydrogen-bond acceptors (Lipinski definition) is 3. The zero-order valence-electron chi connectivity index (χ0n) is 17.1. The molecule has 1 heterocycles. The van der Waals surface area contributed by atoms with Crippen LogP contribution < -0.4 is 10.2 Å². The van der Waals surface area contributed by atoms with Crippen LogP contribution in [0.2, 0.25) is 0 Å². The molecule has 1 saturated heterocycles. The molecular formula is C24H35N3O. The summed E-state index contributed by atoms with van der Waals surface area (Å²) in [5.41, 5.74) is 1.72. The maximum absolute atomic E-state index is 12.7. The molecule has 1 aromatic carbocycles. The topological polar surface area (TPSA) is 35.6 Å². The van der Waals surface area contributed by atoms with Crippen molar-refractivity contribution in [3.8, 4) is 0 Å². The van der Waals surface area contributed by atoms with Gasteiger partial charge in [0.15, 0.2) is 0 Å². The molecule has 28 heavy (non-hydrogen) atoms. The van der Waals surface area contributed by atoms with E-state index in [2.05, 4.69) is 45.4 Å². The molecule has 1 aromatic rings. The van der Waals surface area contributed by atoms with Gasteiger partial charge in [0, 0.05) is 38.4 Å². The van der Waals surface area contributed by atoms with Crippen molar-refractivity contribution in [1.29, 1.82) is 0 Å². The smallest absolute Gasteiger partial charge is 0.234 e. The molecule has 5 fully saturated rings. The van der Waals surface area contributed by atoms with Crippen molar-refractivity contribution in [3.63, 3.8) is 0 Å². The summed E-state index contributed by atoms with van der Waals surface area (Å²) >= 11 is 0. The third-order valence-corrected chi connectivity index (χ3v) is 8.00. The Morgan fingerprint density at radius 2 is 1.57 bits per heavy atom. The number of para-hydroxylation sites is 1. The van der Waals surface area contributed by atoms with E-state index in [4.69, 9.17) is 0 Å². The van der Waals surface area contributed by atoms with Crippen molar-refractivity contribution in [2.75, 3.05) is 44.2 Å². The van der Waals surface area contributed by atoms with E-state index < -0.39 is 0 Å². The molecule has 5 aliphatic rings. The highest BCUT2D eigenvalue weighted by atomic mass is 16.2. The number of carbonyl (C=O) groups excluding carboxylic acids is 1. The van der Waals surface area contributed by atoms with Gasteiger partial charge < -0.3 is 10.2 Å². The molecule has 1 aliphatic heterocycles. The fraction of sp³-hybridized carbons (Fsp3) is 0.708. The predicted molar refractivity (Wildman–Crippen MR) is 113 cm³/mol. The van der Waals surface area contributed by atoms with Crippen LogP contribution in [-0.4, -0.2) is 50.1 Å². The molecule has 4 aliphatic carbocycles. The van der Waals surface area contributed by atoms with Gasteiger partial charge in [-0.2, -0.15) is 0 Å². The number of anilines is 1. The molecule has 0 spiro atoms. The van der Waals surface area contributed by atoms with Gasteiger partial charge in [0.1, 0.15) is 0 Å². The summed E-state index contributed by atoms with van der Waals surface area (Å²) in [5.74, 6) is 3.06. The molecule has 0 unspecified atom stereocenters. The average molecular weight is 382 g/mol. The first-order valence-electron chi connectivity index (χ1n) is 11.5. The zero-order valence-corrected chi connectivity index (χ0v) is 17.1. The number of hydrogen-bond donors (Lipinski definition) is 1. The second kappa shape index (κ2) is 7.70. The van der Waals surface area contributed by atoms with Gasteiger partial charge in [-0.25, -0.2) is 0 Å². The number of piperazine rings is 1. The molecule has 0 aromatic heterocycles. The van der Waals surface area contributed by atoms with E-state index in [0.29, 0.717) is 12.0 Å². The van der Waals surface area contributed by atoms with Crippen molar-refractivity contribution in [1.82, 2.24) is 10.2 Å². The lowest BCUT2D eigenvalue weighted by molar-refractivity contribution is -0.123. The number of rotatable bonds is 5.